The number of carbonyl (C=O) groups is 1. The summed E-state index contributed by atoms with van der Waals surface area (Å²) in [4.78, 5) is 24.6. The number of rotatable bonds is 8. The molecule has 1 saturated heterocycles. The molecule has 3 atom stereocenters. The Hall–Kier alpha value is -3.11. The smallest absolute Gasteiger partial charge is 0.408 e. The molecule has 10 heteroatoms. The van der Waals surface area contributed by atoms with Crippen LogP contribution in [-0.4, -0.2) is 55.2 Å². The molecule has 2 N–H and O–H groups in total. The molecule has 1 fully saturated rings. The van der Waals surface area contributed by atoms with Crippen LogP contribution in [0.1, 0.15) is 79.5 Å². The molecule has 1 aliphatic heterocycles. The lowest BCUT2D eigenvalue weighted by Crippen LogP contribution is -2.62. The highest BCUT2D eigenvalue weighted by Gasteiger charge is 2.45. The van der Waals surface area contributed by atoms with E-state index in [1.54, 1.807) is 6.26 Å². The first kappa shape index (κ1) is 32.8. The molecule has 3 aromatic heterocycles. The number of fused-ring (bicyclic) bond motifs is 1. The minimum atomic E-state index is -2.11. The SMILES string of the molecule is CC(C)c1coc2ccc(CNc3cnccc3N3C[C@H](C)C(O[Si](C)(C)C(C)(C)C)[C@H](NC(=O)OC(C)(C)C)C3)nc12. The Morgan fingerprint density at radius 1 is 1.14 bits per heavy atom. The molecule has 1 aliphatic rings. The molecule has 1 unspecified atom stereocenters. The Morgan fingerprint density at radius 3 is 2.51 bits per heavy atom. The molecule has 4 rings (SSSR count). The summed E-state index contributed by atoms with van der Waals surface area (Å²) in [5.74, 6) is 0.484. The number of anilines is 2. The monoisotopic (exact) mass is 609 g/mol. The van der Waals surface area contributed by atoms with Crippen LogP contribution in [-0.2, 0) is 15.7 Å². The predicted octanol–water partition coefficient (Wildman–Crippen LogP) is 7.70. The summed E-state index contributed by atoms with van der Waals surface area (Å²) >= 11 is 0. The lowest BCUT2D eigenvalue weighted by Gasteiger charge is -2.48. The van der Waals surface area contributed by atoms with E-state index in [4.69, 9.17) is 18.6 Å². The van der Waals surface area contributed by atoms with Gasteiger partial charge in [-0.15, -0.1) is 0 Å². The number of nitrogens with one attached hydrogen (secondary N) is 2. The molecule has 43 heavy (non-hydrogen) atoms. The summed E-state index contributed by atoms with van der Waals surface area (Å²) in [7, 11) is -2.11. The summed E-state index contributed by atoms with van der Waals surface area (Å²) in [5.41, 5.74) is 5.09. The van der Waals surface area contributed by atoms with Gasteiger partial charge in [0.05, 0.1) is 48.2 Å². The summed E-state index contributed by atoms with van der Waals surface area (Å²) in [6, 6.07) is 5.74. The van der Waals surface area contributed by atoms with Gasteiger partial charge in [0.2, 0.25) is 0 Å². The Morgan fingerprint density at radius 2 is 1.86 bits per heavy atom. The molecular formula is C33H51N5O4Si. The molecule has 0 aliphatic carbocycles. The lowest BCUT2D eigenvalue weighted by molar-refractivity contribution is 0.0336. The van der Waals surface area contributed by atoms with E-state index in [9.17, 15) is 4.79 Å². The number of aromatic nitrogens is 2. The van der Waals surface area contributed by atoms with Crippen molar-refractivity contribution < 1.29 is 18.4 Å². The molecule has 0 aromatic carbocycles. The van der Waals surface area contributed by atoms with Gasteiger partial charge in [0.25, 0.3) is 0 Å². The van der Waals surface area contributed by atoms with Crippen molar-refractivity contribution in [1.29, 1.82) is 0 Å². The average Bonchev–Trinajstić information content (AvgIpc) is 3.31. The highest BCUT2D eigenvalue weighted by Crippen LogP contribution is 2.40. The van der Waals surface area contributed by atoms with E-state index < -0.39 is 20.0 Å². The van der Waals surface area contributed by atoms with E-state index in [2.05, 4.69) is 75.2 Å². The highest BCUT2D eigenvalue weighted by molar-refractivity contribution is 6.74. The molecule has 0 bridgehead atoms. The van der Waals surface area contributed by atoms with Gasteiger partial charge < -0.3 is 29.1 Å². The number of hydrogen-bond acceptors (Lipinski definition) is 8. The molecule has 4 heterocycles. The van der Waals surface area contributed by atoms with Gasteiger partial charge in [-0.3, -0.25) is 4.98 Å². The average molecular weight is 610 g/mol. The normalized spacial score (nSPS) is 20.0. The molecule has 3 aromatic rings. The molecule has 0 radical (unpaired) electrons. The number of alkyl carbamates (subject to hydrolysis) is 1. The Bertz CT molecular complexity index is 1410. The maximum atomic E-state index is 13.0. The zero-order valence-electron chi connectivity index (χ0n) is 27.9. The highest BCUT2D eigenvalue weighted by atomic mass is 28.4. The van der Waals surface area contributed by atoms with Crippen molar-refractivity contribution in [1.82, 2.24) is 15.3 Å². The third-order valence-electron chi connectivity index (χ3n) is 8.54. The zero-order chi connectivity index (χ0) is 31.7. The molecular weight excluding hydrogens is 558 g/mol. The van der Waals surface area contributed by atoms with Crippen molar-refractivity contribution in [3.05, 3.63) is 48.1 Å². The fourth-order valence-electron chi connectivity index (χ4n) is 5.23. The third-order valence-corrected chi connectivity index (χ3v) is 13.0. The largest absolute Gasteiger partial charge is 0.462 e. The standard InChI is InChI=1S/C33H51N5O4Si/c1-21(2)24-20-40-28-13-12-23(36-29(24)28)16-35-25-17-34-15-14-27(25)38-18-22(3)30(42-43(10,11)33(7,8)9)26(19-38)37-31(39)41-32(4,5)6/h12-15,17,20-22,26,30,35H,16,18-19H2,1-11H3,(H,37,39)/t22-,26+,30?/m0/s1. The van der Waals surface area contributed by atoms with Crippen LogP contribution in [0.4, 0.5) is 16.2 Å². The minimum absolute atomic E-state index is 0.0476. The van der Waals surface area contributed by atoms with Gasteiger partial charge in [-0.25, -0.2) is 9.78 Å². The zero-order valence-corrected chi connectivity index (χ0v) is 28.9. The van der Waals surface area contributed by atoms with E-state index in [0.717, 1.165) is 40.3 Å². The Kier molecular flexibility index (Phi) is 9.52. The van der Waals surface area contributed by atoms with Crippen LogP contribution < -0.4 is 15.5 Å². The molecule has 236 valence electrons. The van der Waals surface area contributed by atoms with Crippen LogP contribution >= 0.6 is 0 Å². The number of amides is 1. The molecule has 0 spiro atoms. The second-order valence-electron chi connectivity index (χ2n) is 14.7. The van der Waals surface area contributed by atoms with Gasteiger partial charge in [0.15, 0.2) is 13.9 Å². The van der Waals surface area contributed by atoms with Gasteiger partial charge in [0, 0.05) is 30.8 Å². The van der Waals surface area contributed by atoms with E-state index >= 15 is 0 Å². The minimum Gasteiger partial charge on any atom is -0.462 e. The number of furan rings is 1. The molecule has 1 amide bonds. The van der Waals surface area contributed by atoms with Gasteiger partial charge in [0.1, 0.15) is 11.1 Å². The van der Waals surface area contributed by atoms with Crippen LogP contribution in [0.3, 0.4) is 0 Å². The summed E-state index contributed by atoms with van der Waals surface area (Å²) in [6.45, 7) is 25.3. The van der Waals surface area contributed by atoms with Gasteiger partial charge in [-0.2, -0.15) is 0 Å². The number of piperidine rings is 1. The fraction of sp³-hybridized carbons (Fsp3) is 0.606. The fourth-order valence-corrected chi connectivity index (χ4v) is 6.66. The first-order chi connectivity index (χ1) is 19.9. The van der Waals surface area contributed by atoms with Crippen molar-refractivity contribution in [3.8, 4) is 0 Å². The Balaban J connectivity index is 1.57. The second kappa shape index (κ2) is 12.5. The first-order valence-electron chi connectivity index (χ1n) is 15.4. The van der Waals surface area contributed by atoms with Crippen molar-refractivity contribution in [2.75, 3.05) is 23.3 Å². The summed E-state index contributed by atoms with van der Waals surface area (Å²) < 4.78 is 18.4. The van der Waals surface area contributed by atoms with Crippen molar-refractivity contribution >= 4 is 36.9 Å². The van der Waals surface area contributed by atoms with E-state index in [0.29, 0.717) is 19.0 Å². The predicted molar refractivity (Wildman–Crippen MR) is 176 cm³/mol. The molecule has 0 saturated carbocycles. The maximum absolute atomic E-state index is 13.0. The van der Waals surface area contributed by atoms with E-state index in [-0.39, 0.29) is 23.1 Å². The van der Waals surface area contributed by atoms with E-state index in [1.807, 2.05) is 51.4 Å². The van der Waals surface area contributed by atoms with E-state index in [1.165, 1.54) is 0 Å². The van der Waals surface area contributed by atoms with Crippen molar-refractivity contribution in [2.24, 2.45) is 5.92 Å². The first-order valence-corrected chi connectivity index (χ1v) is 18.3. The van der Waals surface area contributed by atoms with Crippen LogP contribution in [0.5, 0.6) is 0 Å². The summed E-state index contributed by atoms with van der Waals surface area (Å²) in [6.07, 6.45) is 4.91. The number of hydrogen-bond donors (Lipinski definition) is 2. The lowest BCUT2D eigenvalue weighted by atomic mass is 9.92. The Labute approximate surface area is 258 Å². The third kappa shape index (κ3) is 7.89. The van der Waals surface area contributed by atoms with Crippen molar-refractivity contribution in [2.45, 2.75) is 111 Å². The van der Waals surface area contributed by atoms with Crippen LogP contribution in [0.15, 0.2) is 41.3 Å². The van der Waals surface area contributed by atoms with Crippen LogP contribution in [0.2, 0.25) is 18.1 Å². The number of carbonyl (C=O) groups excluding carboxylic acids is 1. The van der Waals surface area contributed by atoms with Gasteiger partial charge in [-0.05, 0) is 63.0 Å². The topological polar surface area (TPSA) is 102 Å². The number of nitrogens with zero attached hydrogens (tertiary/aromatic N) is 3. The number of ether oxygens (including phenoxy) is 1. The summed E-state index contributed by atoms with van der Waals surface area (Å²) in [5, 5.41) is 6.79. The number of pyridine rings is 2. The second-order valence-corrected chi connectivity index (χ2v) is 19.5. The van der Waals surface area contributed by atoms with Gasteiger partial charge in [-0.1, -0.05) is 41.5 Å². The van der Waals surface area contributed by atoms with Gasteiger partial charge >= 0.3 is 6.09 Å². The van der Waals surface area contributed by atoms with Crippen LogP contribution in [0.25, 0.3) is 11.1 Å². The maximum Gasteiger partial charge on any atom is 0.408 e. The van der Waals surface area contributed by atoms with Crippen LogP contribution in [0, 0.1) is 5.92 Å². The quantitative estimate of drug-likeness (QED) is 0.251. The van der Waals surface area contributed by atoms with Crippen molar-refractivity contribution in [3.63, 3.8) is 0 Å². The molecule has 9 nitrogen and oxygen atoms in total.